The van der Waals surface area contributed by atoms with Gasteiger partial charge >= 0.3 is 18.0 Å². The first-order valence-corrected chi connectivity index (χ1v) is 3.89. The minimum absolute atomic E-state index is 0.597. The van der Waals surface area contributed by atoms with E-state index in [1.54, 1.807) is 0 Å². The zero-order valence-electron chi connectivity index (χ0n) is 7.52. The van der Waals surface area contributed by atoms with Crippen LogP contribution in [0.1, 0.15) is 13.3 Å². The van der Waals surface area contributed by atoms with Crippen molar-refractivity contribution < 1.29 is 35.1 Å². The highest BCUT2D eigenvalue weighted by Gasteiger charge is 2.67. The van der Waals surface area contributed by atoms with Crippen molar-refractivity contribution in [3.8, 4) is 0 Å². The summed E-state index contributed by atoms with van der Waals surface area (Å²) in [7, 11) is 0. The van der Waals surface area contributed by atoms with Crippen LogP contribution < -0.4 is 0 Å². The summed E-state index contributed by atoms with van der Waals surface area (Å²) in [5, 5.41) is 0. The molecule has 8 heteroatoms. The van der Waals surface area contributed by atoms with Gasteiger partial charge in [0.2, 0.25) is 0 Å². The Morgan fingerprint density at radius 3 is 1.53 bits per heavy atom. The van der Waals surface area contributed by atoms with Crippen LogP contribution >= 0.6 is 0 Å². The highest BCUT2D eigenvalue weighted by atomic mass is 19.4. The maximum absolute atomic E-state index is 12.7. The maximum atomic E-state index is 12.7. The zero-order chi connectivity index (χ0) is 12.5. The third-order valence-electron chi connectivity index (χ3n) is 1.92. The molecule has 0 saturated carbocycles. The Bertz CT molecular complexity index is 206. The number of rotatable bonds is 4. The van der Waals surface area contributed by atoms with Crippen LogP contribution in [-0.2, 0) is 0 Å². The van der Waals surface area contributed by atoms with Crippen molar-refractivity contribution in [2.24, 2.45) is 5.92 Å². The summed E-state index contributed by atoms with van der Waals surface area (Å²) in [6, 6.07) is 0. The molecule has 1 atom stereocenters. The normalized spacial score (nSPS) is 16.6. The van der Waals surface area contributed by atoms with Gasteiger partial charge in [-0.05, 0) is 0 Å². The van der Waals surface area contributed by atoms with Gasteiger partial charge in [0.1, 0.15) is 6.67 Å². The van der Waals surface area contributed by atoms with Crippen molar-refractivity contribution >= 4 is 0 Å². The van der Waals surface area contributed by atoms with Crippen LogP contribution in [0.25, 0.3) is 0 Å². The predicted molar refractivity (Wildman–Crippen MR) is 35.7 cm³/mol. The Kier molecular flexibility index (Phi) is 3.98. The van der Waals surface area contributed by atoms with Crippen molar-refractivity contribution in [1.29, 1.82) is 0 Å². The lowest BCUT2D eigenvalue weighted by Gasteiger charge is -2.32. The van der Waals surface area contributed by atoms with E-state index in [9.17, 15) is 35.1 Å². The van der Waals surface area contributed by atoms with Crippen molar-refractivity contribution in [2.75, 3.05) is 6.67 Å². The van der Waals surface area contributed by atoms with Crippen LogP contribution in [-0.4, -0.2) is 24.7 Å². The van der Waals surface area contributed by atoms with Gasteiger partial charge in [-0.2, -0.15) is 30.7 Å². The first-order valence-electron chi connectivity index (χ1n) is 3.89. The van der Waals surface area contributed by atoms with Crippen molar-refractivity contribution in [2.45, 2.75) is 31.4 Å². The van der Waals surface area contributed by atoms with E-state index in [-0.39, 0.29) is 0 Å². The van der Waals surface area contributed by atoms with Crippen LogP contribution in [0.5, 0.6) is 0 Å². The van der Waals surface area contributed by atoms with Gasteiger partial charge in [-0.1, -0.05) is 6.92 Å². The van der Waals surface area contributed by atoms with E-state index in [1.807, 2.05) is 0 Å². The van der Waals surface area contributed by atoms with Gasteiger partial charge in [-0.15, -0.1) is 0 Å². The molecule has 92 valence electrons. The Hall–Kier alpha value is -0.560. The summed E-state index contributed by atoms with van der Waals surface area (Å²) in [5.41, 5.74) is 0. The van der Waals surface area contributed by atoms with E-state index in [0.717, 1.165) is 0 Å². The first-order chi connectivity index (χ1) is 6.50. The molecule has 0 bridgehead atoms. The van der Waals surface area contributed by atoms with Crippen molar-refractivity contribution in [3.63, 3.8) is 0 Å². The lowest BCUT2D eigenvalue weighted by atomic mass is 9.95. The fraction of sp³-hybridized carbons (Fsp3) is 1.00. The fourth-order valence-electron chi connectivity index (χ4n) is 0.881. The minimum atomic E-state index is -5.70. The molecule has 0 nitrogen and oxygen atoms in total. The van der Waals surface area contributed by atoms with Crippen LogP contribution in [0.3, 0.4) is 0 Å². The molecule has 15 heavy (non-hydrogen) atoms. The third kappa shape index (κ3) is 2.72. The Labute approximate surface area is 80.3 Å². The average Bonchev–Trinajstić information content (AvgIpc) is 2.01. The molecule has 0 amide bonds. The van der Waals surface area contributed by atoms with E-state index in [4.69, 9.17) is 0 Å². The lowest BCUT2D eigenvalue weighted by molar-refractivity contribution is -0.307. The Balaban J connectivity index is 5.15. The van der Waals surface area contributed by atoms with Gasteiger partial charge < -0.3 is 0 Å². The molecule has 0 aromatic carbocycles. The summed E-state index contributed by atoms with van der Waals surface area (Å²) in [6.45, 7) is -1.98. The third-order valence-corrected chi connectivity index (χ3v) is 1.92. The maximum Gasteiger partial charge on any atom is 0.400 e. The number of hydrogen-bond donors (Lipinski definition) is 0. The standard InChI is InChI=1S/C7H8F8/c1-2-5(9,10)6(11,12)4(3-8)7(13,14)15/h4H,2-3H2,1H3. The van der Waals surface area contributed by atoms with E-state index < -0.39 is 37.0 Å². The molecule has 0 aromatic rings. The monoisotopic (exact) mass is 244 g/mol. The SMILES string of the molecule is CCC(F)(F)C(F)(F)C(CF)C(F)(F)F. The number of alkyl halides is 8. The molecular formula is C7H8F8. The van der Waals surface area contributed by atoms with E-state index >= 15 is 0 Å². The number of halogens is 8. The molecule has 0 radical (unpaired) electrons. The summed E-state index contributed by atoms with van der Waals surface area (Å²) in [4.78, 5) is 0. The molecule has 0 fully saturated rings. The summed E-state index contributed by atoms with van der Waals surface area (Å²) < 4.78 is 97.5. The Morgan fingerprint density at radius 1 is 0.933 bits per heavy atom. The van der Waals surface area contributed by atoms with Crippen LogP contribution in [0, 0.1) is 5.92 Å². The van der Waals surface area contributed by atoms with Gasteiger partial charge in [0.25, 0.3) is 0 Å². The molecule has 0 spiro atoms. The molecule has 0 aromatic heterocycles. The topological polar surface area (TPSA) is 0 Å². The second kappa shape index (κ2) is 4.13. The van der Waals surface area contributed by atoms with E-state index in [0.29, 0.717) is 6.92 Å². The molecule has 0 aliphatic rings. The van der Waals surface area contributed by atoms with Crippen molar-refractivity contribution in [1.82, 2.24) is 0 Å². The van der Waals surface area contributed by atoms with Crippen LogP contribution in [0.4, 0.5) is 35.1 Å². The summed E-state index contributed by atoms with van der Waals surface area (Å²) in [5.74, 6) is -14.3. The largest absolute Gasteiger partial charge is 0.400 e. The predicted octanol–water partition coefficient (Wildman–Crippen LogP) is 3.82. The first kappa shape index (κ1) is 14.4. The molecular weight excluding hydrogens is 236 g/mol. The van der Waals surface area contributed by atoms with Gasteiger partial charge in [-0.25, -0.2) is 0 Å². The van der Waals surface area contributed by atoms with Crippen LogP contribution in [0.15, 0.2) is 0 Å². The Morgan fingerprint density at radius 2 is 1.33 bits per heavy atom. The van der Waals surface area contributed by atoms with Gasteiger partial charge in [0, 0.05) is 6.42 Å². The van der Waals surface area contributed by atoms with Crippen LogP contribution in [0.2, 0.25) is 0 Å². The van der Waals surface area contributed by atoms with E-state index in [2.05, 4.69) is 0 Å². The smallest absolute Gasteiger partial charge is 0.250 e. The zero-order valence-corrected chi connectivity index (χ0v) is 7.52. The van der Waals surface area contributed by atoms with Gasteiger partial charge in [0.15, 0.2) is 5.92 Å². The quantitative estimate of drug-likeness (QED) is 0.659. The van der Waals surface area contributed by atoms with Gasteiger partial charge in [0.05, 0.1) is 0 Å². The second-order valence-corrected chi connectivity index (χ2v) is 2.93. The molecule has 0 saturated heterocycles. The average molecular weight is 244 g/mol. The highest BCUT2D eigenvalue weighted by molar-refractivity contribution is 4.92. The minimum Gasteiger partial charge on any atom is -0.250 e. The number of hydrogen-bond acceptors (Lipinski definition) is 0. The molecule has 0 heterocycles. The molecule has 0 aliphatic heterocycles. The second-order valence-electron chi connectivity index (χ2n) is 2.93. The molecule has 0 aliphatic carbocycles. The summed E-state index contributed by atoms with van der Waals surface area (Å²) >= 11 is 0. The molecule has 1 unspecified atom stereocenters. The lowest BCUT2D eigenvalue weighted by Crippen LogP contribution is -2.52. The molecule has 0 rings (SSSR count). The van der Waals surface area contributed by atoms with Crippen molar-refractivity contribution in [3.05, 3.63) is 0 Å². The molecule has 0 N–H and O–H groups in total. The van der Waals surface area contributed by atoms with Gasteiger partial charge in [-0.3, -0.25) is 4.39 Å². The van der Waals surface area contributed by atoms with E-state index in [1.165, 1.54) is 0 Å². The fourth-order valence-corrected chi connectivity index (χ4v) is 0.881. The summed E-state index contributed by atoms with van der Waals surface area (Å²) in [6.07, 6.45) is -7.19. The highest BCUT2D eigenvalue weighted by Crippen LogP contribution is 2.48.